The lowest BCUT2D eigenvalue weighted by atomic mass is 10.1. The molecule has 3 heteroatoms. The number of benzene rings is 2. The number of ether oxygens (including phenoxy) is 1. The first-order valence-electron chi connectivity index (χ1n) is 7.08. The predicted octanol–water partition coefficient (Wildman–Crippen LogP) is 5.12. The lowest BCUT2D eigenvalue weighted by Gasteiger charge is -2.09. The van der Waals surface area contributed by atoms with Gasteiger partial charge in [-0.2, -0.15) is 0 Å². The Bertz CT molecular complexity index is 775. The number of carbonyl (C=O) groups is 1. The van der Waals surface area contributed by atoms with Crippen molar-refractivity contribution in [2.75, 3.05) is 0 Å². The highest BCUT2D eigenvalue weighted by Gasteiger charge is 2.09. The smallest absolute Gasteiger partial charge is 0.150 e. The van der Waals surface area contributed by atoms with Gasteiger partial charge in [-0.1, -0.05) is 30.3 Å². The van der Waals surface area contributed by atoms with Crippen LogP contribution in [0.5, 0.6) is 5.75 Å². The first-order chi connectivity index (χ1) is 10.8. The maximum atomic E-state index is 11.3. The summed E-state index contributed by atoms with van der Waals surface area (Å²) in [6, 6.07) is 17.7. The van der Waals surface area contributed by atoms with Gasteiger partial charge in [0.1, 0.15) is 12.4 Å². The van der Waals surface area contributed by atoms with E-state index in [0.717, 1.165) is 28.0 Å². The SMILES string of the molecule is Cc1csc(-c2cc(OCc3ccccc3)ccc2C=O)c1. The topological polar surface area (TPSA) is 26.3 Å². The molecule has 3 aromatic rings. The number of hydrogen-bond acceptors (Lipinski definition) is 3. The normalized spacial score (nSPS) is 10.4. The molecule has 0 bridgehead atoms. The quantitative estimate of drug-likeness (QED) is 0.612. The number of rotatable bonds is 5. The van der Waals surface area contributed by atoms with Crippen LogP contribution >= 0.6 is 11.3 Å². The van der Waals surface area contributed by atoms with Gasteiger partial charge in [0, 0.05) is 16.0 Å². The summed E-state index contributed by atoms with van der Waals surface area (Å²) in [5, 5.41) is 2.08. The monoisotopic (exact) mass is 308 g/mol. The number of aldehydes is 1. The largest absolute Gasteiger partial charge is 0.489 e. The Morgan fingerprint density at radius 1 is 1.09 bits per heavy atom. The van der Waals surface area contributed by atoms with Gasteiger partial charge in [0.2, 0.25) is 0 Å². The minimum absolute atomic E-state index is 0.518. The maximum Gasteiger partial charge on any atom is 0.150 e. The molecule has 2 aromatic carbocycles. The van der Waals surface area contributed by atoms with E-state index in [0.29, 0.717) is 12.2 Å². The van der Waals surface area contributed by atoms with Crippen molar-refractivity contribution in [3.05, 3.63) is 76.7 Å². The molecule has 0 aliphatic carbocycles. The lowest BCUT2D eigenvalue weighted by molar-refractivity contribution is 0.112. The Morgan fingerprint density at radius 2 is 1.91 bits per heavy atom. The van der Waals surface area contributed by atoms with E-state index in [4.69, 9.17) is 4.74 Å². The van der Waals surface area contributed by atoms with Crippen LogP contribution in [0.15, 0.2) is 60.0 Å². The van der Waals surface area contributed by atoms with Crippen molar-refractivity contribution in [3.8, 4) is 16.2 Å². The molecule has 3 rings (SSSR count). The minimum Gasteiger partial charge on any atom is -0.489 e. The highest BCUT2D eigenvalue weighted by Crippen LogP contribution is 2.32. The zero-order valence-electron chi connectivity index (χ0n) is 12.3. The van der Waals surface area contributed by atoms with Gasteiger partial charge in [-0.3, -0.25) is 4.79 Å². The fraction of sp³-hybridized carbons (Fsp3) is 0.105. The van der Waals surface area contributed by atoms with Crippen molar-refractivity contribution in [2.45, 2.75) is 13.5 Å². The fourth-order valence-electron chi connectivity index (χ4n) is 2.25. The zero-order chi connectivity index (χ0) is 15.4. The molecule has 0 amide bonds. The number of carbonyl (C=O) groups excluding carboxylic acids is 1. The molecule has 0 aliphatic rings. The zero-order valence-corrected chi connectivity index (χ0v) is 13.1. The Labute approximate surface area is 134 Å². The molecular formula is C19H16O2S. The van der Waals surface area contributed by atoms with E-state index in [2.05, 4.69) is 18.4 Å². The highest BCUT2D eigenvalue weighted by molar-refractivity contribution is 7.13. The lowest BCUT2D eigenvalue weighted by Crippen LogP contribution is -1.96. The van der Waals surface area contributed by atoms with Crippen LogP contribution < -0.4 is 4.74 Å². The van der Waals surface area contributed by atoms with Crippen molar-refractivity contribution in [2.24, 2.45) is 0 Å². The molecule has 0 radical (unpaired) electrons. The Balaban J connectivity index is 1.85. The summed E-state index contributed by atoms with van der Waals surface area (Å²) in [6.45, 7) is 2.57. The summed E-state index contributed by atoms with van der Waals surface area (Å²) in [5.41, 5.74) is 3.94. The van der Waals surface area contributed by atoms with Crippen LogP contribution in [0, 0.1) is 6.92 Å². The summed E-state index contributed by atoms with van der Waals surface area (Å²) in [7, 11) is 0. The van der Waals surface area contributed by atoms with Gasteiger partial charge < -0.3 is 4.74 Å². The Kier molecular flexibility index (Phi) is 4.35. The van der Waals surface area contributed by atoms with Gasteiger partial charge in [-0.25, -0.2) is 0 Å². The van der Waals surface area contributed by atoms with E-state index in [1.807, 2.05) is 48.5 Å². The third-order valence-corrected chi connectivity index (χ3v) is 4.48. The number of thiophene rings is 1. The van der Waals surface area contributed by atoms with E-state index >= 15 is 0 Å². The summed E-state index contributed by atoms with van der Waals surface area (Å²) in [4.78, 5) is 12.3. The molecule has 1 heterocycles. The highest BCUT2D eigenvalue weighted by atomic mass is 32.1. The molecule has 0 saturated carbocycles. The third-order valence-electron chi connectivity index (χ3n) is 3.40. The van der Waals surface area contributed by atoms with Crippen LogP contribution in [0.3, 0.4) is 0 Å². The number of aryl methyl sites for hydroxylation is 1. The van der Waals surface area contributed by atoms with Gasteiger partial charge >= 0.3 is 0 Å². The van der Waals surface area contributed by atoms with Crippen LogP contribution in [0.4, 0.5) is 0 Å². The van der Waals surface area contributed by atoms with Crippen molar-refractivity contribution in [1.29, 1.82) is 0 Å². The van der Waals surface area contributed by atoms with Crippen molar-refractivity contribution < 1.29 is 9.53 Å². The van der Waals surface area contributed by atoms with Gasteiger partial charge in [0.25, 0.3) is 0 Å². The van der Waals surface area contributed by atoms with E-state index in [1.54, 1.807) is 11.3 Å². The average Bonchev–Trinajstić information content (AvgIpc) is 3.00. The first kappa shape index (κ1) is 14.5. The van der Waals surface area contributed by atoms with E-state index in [9.17, 15) is 4.79 Å². The molecule has 22 heavy (non-hydrogen) atoms. The van der Waals surface area contributed by atoms with Gasteiger partial charge in [-0.15, -0.1) is 11.3 Å². The molecule has 0 N–H and O–H groups in total. The Morgan fingerprint density at radius 3 is 2.59 bits per heavy atom. The van der Waals surface area contributed by atoms with E-state index in [-0.39, 0.29) is 0 Å². The average molecular weight is 308 g/mol. The van der Waals surface area contributed by atoms with Crippen molar-refractivity contribution in [1.82, 2.24) is 0 Å². The molecule has 0 atom stereocenters. The summed E-state index contributed by atoms with van der Waals surface area (Å²) >= 11 is 1.64. The molecule has 0 fully saturated rings. The molecule has 0 saturated heterocycles. The first-order valence-corrected chi connectivity index (χ1v) is 7.95. The molecule has 2 nitrogen and oxygen atoms in total. The van der Waals surface area contributed by atoms with Gasteiger partial charge in [-0.05, 0) is 47.7 Å². The van der Waals surface area contributed by atoms with Crippen LogP contribution in [-0.2, 0) is 6.61 Å². The standard InChI is InChI=1S/C19H16O2S/c1-14-9-19(22-13-14)18-10-17(8-7-16(18)11-20)21-12-15-5-3-2-4-6-15/h2-11,13H,12H2,1H3. The van der Waals surface area contributed by atoms with Crippen LogP contribution in [0.25, 0.3) is 10.4 Å². The third kappa shape index (κ3) is 3.26. The summed E-state index contributed by atoms with van der Waals surface area (Å²) in [5.74, 6) is 0.774. The van der Waals surface area contributed by atoms with Crippen LogP contribution in [0.1, 0.15) is 21.5 Å². The molecule has 1 aromatic heterocycles. The maximum absolute atomic E-state index is 11.3. The minimum atomic E-state index is 0.518. The van der Waals surface area contributed by atoms with Gasteiger partial charge in [0.05, 0.1) is 0 Å². The van der Waals surface area contributed by atoms with Crippen LogP contribution in [0.2, 0.25) is 0 Å². The van der Waals surface area contributed by atoms with E-state index < -0.39 is 0 Å². The summed E-state index contributed by atoms with van der Waals surface area (Å²) in [6.07, 6.45) is 0.894. The predicted molar refractivity (Wildman–Crippen MR) is 90.7 cm³/mol. The molecule has 0 aliphatic heterocycles. The number of hydrogen-bond donors (Lipinski definition) is 0. The molecule has 110 valence electrons. The molecular weight excluding hydrogens is 292 g/mol. The summed E-state index contributed by atoms with van der Waals surface area (Å²) < 4.78 is 5.85. The fourth-order valence-corrected chi connectivity index (χ4v) is 3.19. The van der Waals surface area contributed by atoms with Crippen molar-refractivity contribution in [3.63, 3.8) is 0 Å². The second-order valence-corrected chi connectivity index (χ2v) is 6.04. The molecule has 0 unspecified atom stereocenters. The second-order valence-electron chi connectivity index (χ2n) is 5.13. The Hall–Kier alpha value is -2.39. The second kappa shape index (κ2) is 6.58. The van der Waals surface area contributed by atoms with Gasteiger partial charge in [0.15, 0.2) is 6.29 Å². The molecule has 0 spiro atoms. The van der Waals surface area contributed by atoms with Crippen molar-refractivity contribution >= 4 is 17.6 Å². The van der Waals surface area contributed by atoms with Crippen LogP contribution in [-0.4, -0.2) is 6.29 Å². The van der Waals surface area contributed by atoms with E-state index in [1.165, 1.54) is 5.56 Å².